The predicted octanol–water partition coefficient (Wildman–Crippen LogP) is 3.26. The summed E-state index contributed by atoms with van der Waals surface area (Å²) in [6.07, 6.45) is 2.53. The molecule has 0 aliphatic heterocycles. The van der Waals surface area contributed by atoms with Crippen molar-refractivity contribution in [2.24, 2.45) is 0 Å². The third kappa shape index (κ3) is 5.10. The lowest BCUT2D eigenvalue weighted by Crippen LogP contribution is -2.49. The second kappa shape index (κ2) is 9.15. The lowest BCUT2D eigenvalue weighted by molar-refractivity contribution is -0.121. The van der Waals surface area contributed by atoms with Crippen LogP contribution in [-0.2, 0) is 14.8 Å². The van der Waals surface area contributed by atoms with Crippen molar-refractivity contribution in [2.75, 3.05) is 10.8 Å². The zero-order valence-corrected chi connectivity index (χ0v) is 17.8. The maximum atomic E-state index is 13.3. The van der Waals surface area contributed by atoms with Gasteiger partial charge >= 0.3 is 0 Å². The maximum Gasteiger partial charge on any atom is 0.264 e. The van der Waals surface area contributed by atoms with Gasteiger partial charge in [0.1, 0.15) is 6.54 Å². The first kappa shape index (κ1) is 21.6. The van der Waals surface area contributed by atoms with E-state index >= 15 is 0 Å². The molecule has 0 radical (unpaired) electrons. The van der Waals surface area contributed by atoms with Gasteiger partial charge in [0.2, 0.25) is 5.91 Å². The molecule has 1 saturated carbocycles. The minimum atomic E-state index is -3.99. The number of anilines is 1. The van der Waals surface area contributed by atoms with Crippen LogP contribution in [0.5, 0.6) is 0 Å². The lowest BCUT2D eigenvalue weighted by Gasteiger charge is -2.30. The zero-order chi connectivity index (χ0) is 21.0. The number of nitrogens with one attached hydrogen (secondary N) is 1. The van der Waals surface area contributed by atoms with Crippen LogP contribution in [0.1, 0.15) is 31.2 Å². The minimum Gasteiger partial charge on any atom is -0.391 e. The van der Waals surface area contributed by atoms with E-state index in [2.05, 4.69) is 5.32 Å². The molecule has 2 unspecified atom stereocenters. The van der Waals surface area contributed by atoms with Gasteiger partial charge in [-0.1, -0.05) is 48.7 Å². The molecule has 6 nitrogen and oxygen atoms in total. The Hall–Kier alpha value is -2.09. The van der Waals surface area contributed by atoms with E-state index in [-0.39, 0.29) is 10.9 Å². The highest BCUT2D eigenvalue weighted by molar-refractivity contribution is 7.92. The number of hydrogen-bond acceptors (Lipinski definition) is 4. The second-order valence-corrected chi connectivity index (χ2v) is 9.58. The Morgan fingerprint density at radius 2 is 1.86 bits per heavy atom. The second-order valence-electron chi connectivity index (χ2n) is 7.28. The molecule has 8 heteroatoms. The van der Waals surface area contributed by atoms with Crippen LogP contribution in [0.4, 0.5) is 5.69 Å². The Balaban J connectivity index is 1.93. The molecule has 1 aliphatic rings. The number of rotatable bonds is 6. The smallest absolute Gasteiger partial charge is 0.264 e. The molecule has 0 bridgehead atoms. The molecule has 2 atom stereocenters. The molecule has 2 aromatic rings. The monoisotopic (exact) mass is 436 g/mol. The molecule has 1 fully saturated rings. The summed E-state index contributed by atoms with van der Waals surface area (Å²) < 4.78 is 27.8. The number of aryl methyl sites for hydroxylation is 1. The number of aliphatic hydroxyl groups is 1. The highest BCUT2D eigenvalue weighted by atomic mass is 35.5. The van der Waals surface area contributed by atoms with Gasteiger partial charge in [-0.05, 0) is 49.6 Å². The van der Waals surface area contributed by atoms with Gasteiger partial charge in [0, 0.05) is 5.02 Å². The number of aliphatic hydroxyl groups excluding tert-OH is 1. The predicted molar refractivity (Wildman–Crippen MR) is 114 cm³/mol. The zero-order valence-electron chi connectivity index (χ0n) is 16.2. The van der Waals surface area contributed by atoms with E-state index in [0.29, 0.717) is 29.1 Å². The van der Waals surface area contributed by atoms with Crippen LogP contribution >= 0.6 is 11.6 Å². The van der Waals surface area contributed by atoms with Crippen molar-refractivity contribution in [3.8, 4) is 0 Å². The van der Waals surface area contributed by atoms with Crippen LogP contribution in [0.25, 0.3) is 0 Å². The number of benzene rings is 2. The van der Waals surface area contributed by atoms with Gasteiger partial charge in [0.05, 0.1) is 22.7 Å². The topological polar surface area (TPSA) is 86.7 Å². The van der Waals surface area contributed by atoms with Crippen LogP contribution in [0.15, 0.2) is 53.4 Å². The van der Waals surface area contributed by atoms with Crippen molar-refractivity contribution in [1.29, 1.82) is 0 Å². The van der Waals surface area contributed by atoms with Crippen LogP contribution < -0.4 is 9.62 Å². The van der Waals surface area contributed by atoms with E-state index in [4.69, 9.17) is 11.6 Å². The van der Waals surface area contributed by atoms with Crippen molar-refractivity contribution in [1.82, 2.24) is 5.32 Å². The van der Waals surface area contributed by atoms with Gasteiger partial charge in [-0.2, -0.15) is 0 Å². The van der Waals surface area contributed by atoms with Crippen molar-refractivity contribution in [2.45, 2.75) is 49.6 Å². The minimum absolute atomic E-state index is 0.0878. The summed E-state index contributed by atoms with van der Waals surface area (Å²) in [5, 5.41) is 13.3. The highest BCUT2D eigenvalue weighted by Gasteiger charge is 2.30. The van der Waals surface area contributed by atoms with Gasteiger partial charge in [-0.25, -0.2) is 8.42 Å². The summed E-state index contributed by atoms with van der Waals surface area (Å²) >= 11 is 6.11. The fourth-order valence-corrected chi connectivity index (χ4v) is 5.20. The van der Waals surface area contributed by atoms with E-state index in [1.54, 1.807) is 43.3 Å². The Kier molecular flexibility index (Phi) is 6.82. The first-order chi connectivity index (χ1) is 13.8. The van der Waals surface area contributed by atoms with Gasteiger partial charge in [-0.15, -0.1) is 0 Å². The summed E-state index contributed by atoms with van der Waals surface area (Å²) in [4.78, 5) is 12.8. The van der Waals surface area contributed by atoms with Crippen LogP contribution in [0, 0.1) is 6.92 Å². The van der Waals surface area contributed by atoms with E-state index in [9.17, 15) is 18.3 Å². The number of halogens is 1. The molecule has 0 saturated heterocycles. The number of nitrogens with zero attached hydrogens (tertiary/aromatic N) is 1. The molecule has 1 aliphatic carbocycles. The van der Waals surface area contributed by atoms with Crippen molar-refractivity contribution < 1.29 is 18.3 Å². The molecule has 156 valence electrons. The Labute approximate surface area is 176 Å². The average Bonchev–Trinajstić information content (AvgIpc) is 2.70. The summed E-state index contributed by atoms with van der Waals surface area (Å²) in [7, 11) is -3.99. The molecular weight excluding hydrogens is 412 g/mol. The van der Waals surface area contributed by atoms with Crippen molar-refractivity contribution in [3.05, 3.63) is 59.1 Å². The number of carbonyl (C=O) groups is 1. The average molecular weight is 437 g/mol. The molecule has 2 aromatic carbocycles. The SMILES string of the molecule is Cc1ccc(Cl)cc1N(CC(=O)NC1CCCCC1O)S(=O)(=O)c1ccccc1. The molecule has 0 spiro atoms. The largest absolute Gasteiger partial charge is 0.391 e. The van der Waals surface area contributed by atoms with E-state index < -0.39 is 28.6 Å². The molecular formula is C21H25ClN2O4S. The van der Waals surface area contributed by atoms with Gasteiger partial charge in [0.25, 0.3) is 10.0 Å². The van der Waals surface area contributed by atoms with Crippen LogP contribution in [0.3, 0.4) is 0 Å². The van der Waals surface area contributed by atoms with Gasteiger partial charge in [0.15, 0.2) is 0 Å². The standard InChI is InChI=1S/C21H25ClN2O4S/c1-15-11-12-16(22)13-19(15)24(29(27,28)17-7-3-2-4-8-17)14-21(26)23-18-9-5-6-10-20(18)25/h2-4,7-8,11-13,18,20,25H,5-6,9-10,14H2,1H3,(H,23,26). The summed E-state index contributed by atoms with van der Waals surface area (Å²) in [6.45, 7) is 1.36. The summed E-state index contributed by atoms with van der Waals surface area (Å²) in [5.74, 6) is -0.463. The van der Waals surface area contributed by atoms with E-state index in [1.165, 1.54) is 12.1 Å². The fraction of sp³-hybridized carbons (Fsp3) is 0.381. The molecule has 1 amide bonds. The lowest BCUT2D eigenvalue weighted by atomic mass is 9.92. The third-order valence-corrected chi connectivity index (χ3v) is 7.14. The molecule has 2 N–H and O–H groups in total. The Bertz CT molecular complexity index is 966. The van der Waals surface area contributed by atoms with Gasteiger partial charge in [-0.3, -0.25) is 9.10 Å². The van der Waals surface area contributed by atoms with Gasteiger partial charge < -0.3 is 10.4 Å². The number of amides is 1. The summed E-state index contributed by atoms with van der Waals surface area (Å²) in [6, 6.07) is 12.5. The fourth-order valence-electron chi connectivity index (χ4n) is 3.53. The number of hydrogen-bond donors (Lipinski definition) is 2. The Morgan fingerprint density at radius 1 is 1.17 bits per heavy atom. The maximum absolute atomic E-state index is 13.3. The number of sulfonamides is 1. The molecule has 29 heavy (non-hydrogen) atoms. The van der Waals surface area contributed by atoms with Crippen molar-refractivity contribution in [3.63, 3.8) is 0 Å². The van der Waals surface area contributed by atoms with Crippen molar-refractivity contribution >= 4 is 33.2 Å². The number of carbonyl (C=O) groups excluding carboxylic acids is 1. The summed E-state index contributed by atoms with van der Waals surface area (Å²) in [5.41, 5.74) is 1.03. The van der Waals surface area contributed by atoms with Crippen LogP contribution in [-0.4, -0.2) is 38.1 Å². The molecule has 3 rings (SSSR count). The van der Waals surface area contributed by atoms with E-state index in [0.717, 1.165) is 17.1 Å². The first-order valence-electron chi connectivity index (χ1n) is 9.60. The highest BCUT2D eigenvalue weighted by Crippen LogP contribution is 2.29. The third-order valence-electron chi connectivity index (χ3n) is 5.13. The van der Waals surface area contributed by atoms with Crippen LogP contribution in [0.2, 0.25) is 5.02 Å². The molecule has 0 aromatic heterocycles. The molecule has 0 heterocycles. The van der Waals surface area contributed by atoms with E-state index in [1.807, 2.05) is 0 Å². The normalized spacial score (nSPS) is 19.6. The first-order valence-corrected chi connectivity index (χ1v) is 11.4. The quantitative estimate of drug-likeness (QED) is 0.727. The Morgan fingerprint density at radius 3 is 2.55 bits per heavy atom.